The van der Waals surface area contributed by atoms with E-state index in [2.05, 4.69) is 36.4 Å². The summed E-state index contributed by atoms with van der Waals surface area (Å²) in [5, 5.41) is 2.51. The number of rotatable bonds is 5. The van der Waals surface area contributed by atoms with Crippen LogP contribution in [0.2, 0.25) is 0 Å². The number of hydrogen-bond acceptors (Lipinski definition) is 2. The van der Waals surface area contributed by atoms with Crippen molar-refractivity contribution in [3.05, 3.63) is 48.0 Å². The molecule has 0 radical (unpaired) electrons. The predicted octanol–water partition coefficient (Wildman–Crippen LogP) is 2.58. The SMILES string of the molecule is CC(N)CC(=O)N(C)CCc1cccc2ccccc12. The van der Waals surface area contributed by atoms with Crippen LogP contribution in [0.25, 0.3) is 10.8 Å². The van der Waals surface area contributed by atoms with Gasteiger partial charge in [0, 0.05) is 26.1 Å². The van der Waals surface area contributed by atoms with Crippen LogP contribution in [0, 0.1) is 0 Å². The zero-order valence-electron chi connectivity index (χ0n) is 12.2. The van der Waals surface area contributed by atoms with Crippen molar-refractivity contribution in [3.63, 3.8) is 0 Å². The van der Waals surface area contributed by atoms with Gasteiger partial charge in [-0.15, -0.1) is 0 Å². The summed E-state index contributed by atoms with van der Waals surface area (Å²) in [6, 6.07) is 14.6. The molecule has 0 spiro atoms. The van der Waals surface area contributed by atoms with Gasteiger partial charge in [-0.2, -0.15) is 0 Å². The van der Waals surface area contributed by atoms with Gasteiger partial charge in [0.2, 0.25) is 5.91 Å². The minimum Gasteiger partial charge on any atom is -0.345 e. The molecule has 1 amide bonds. The highest BCUT2D eigenvalue weighted by atomic mass is 16.2. The Balaban J connectivity index is 2.04. The van der Waals surface area contributed by atoms with Crippen LogP contribution < -0.4 is 5.73 Å². The maximum absolute atomic E-state index is 11.9. The van der Waals surface area contributed by atoms with Gasteiger partial charge in [0.15, 0.2) is 0 Å². The van der Waals surface area contributed by atoms with Crippen LogP contribution in [-0.2, 0) is 11.2 Å². The summed E-state index contributed by atoms with van der Waals surface area (Å²) in [5.41, 5.74) is 6.95. The molecule has 2 rings (SSSR count). The van der Waals surface area contributed by atoms with Crippen LogP contribution in [-0.4, -0.2) is 30.4 Å². The molecule has 0 bridgehead atoms. The second kappa shape index (κ2) is 6.53. The van der Waals surface area contributed by atoms with E-state index in [9.17, 15) is 4.79 Å². The summed E-state index contributed by atoms with van der Waals surface area (Å²) in [4.78, 5) is 13.7. The smallest absolute Gasteiger partial charge is 0.223 e. The molecule has 2 aromatic rings. The predicted molar refractivity (Wildman–Crippen MR) is 83.6 cm³/mol. The van der Waals surface area contributed by atoms with Gasteiger partial charge in [0.25, 0.3) is 0 Å². The van der Waals surface area contributed by atoms with Gasteiger partial charge in [0.1, 0.15) is 0 Å². The average Bonchev–Trinajstić information content (AvgIpc) is 2.44. The van der Waals surface area contributed by atoms with Crippen molar-refractivity contribution >= 4 is 16.7 Å². The second-order valence-electron chi connectivity index (χ2n) is 5.38. The molecule has 0 saturated heterocycles. The Hall–Kier alpha value is -1.87. The highest BCUT2D eigenvalue weighted by Gasteiger charge is 2.11. The van der Waals surface area contributed by atoms with Crippen molar-refractivity contribution in [2.45, 2.75) is 25.8 Å². The fourth-order valence-corrected chi connectivity index (χ4v) is 2.35. The van der Waals surface area contributed by atoms with E-state index in [4.69, 9.17) is 5.73 Å². The first-order valence-corrected chi connectivity index (χ1v) is 7.04. The Bertz CT molecular complexity index is 587. The Morgan fingerprint density at radius 3 is 2.65 bits per heavy atom. The van der Waals surface area contributed by atoms with Crippen LogP contribution in [0.3, 0.4) is 0 Å². The summed E-state index contributed by atoms with van der Waals surface area (Å²) in [7, 11) is 1.84. The lowest BCUT2D eigenvalue weighted by Gasteiger charge is -2.18. The molecule has 106 valence electrons. The Kier molecular flexibility index (Phi) is 4.74. The minimum absolute atomic E-state index is 0.0810. The monoisotopic (exact) mass is 270 g/mol. The lowest BCUT2D eigenvalue weighted by molar-refractivity contribution is -0.130. The van der Waals surface area contributed by atoms with E-state index in [0.29, 0.717) is 6.42 Å². The summed E-state index contributed by atoms with van der Waals surface area (Å²) < 4.78 is 0. The lowest BCUT2D eigenvalue weighted by Crippen LogP contribution is -2.33. The largest absolute Gasteiger partial charge is 0.345 e. The van der Waals surface area contributed by atoms with Crippen LogP contribution in [0.4, 0.5) is 0 Å². The first kappa shape index (κ1) is 14.5. The number of fused-ring (bicyclic) bond motifs is 1. The zero-order valence-corrected chi connectivity index (χ0v) is 12.2. The quantitative estimate of drug-likeness (QED) is 0.907. The van der Waals surface area contributed by atoms with Crippen LogP contribution in [0.1, 0.15) is 18.9 Å². The van der Waals surface area contributed by atoms with E-state index in [1.54, 1.807) is 4.90 Å². The molecule has 0 fully saturated rings. The van der Waals surface area contributed by atoms with Crippen LogP contribution >= 0.6 is 0 Å². The topological polar surface area (TPSA) is 46.3 Å². The van der Waals surface area contributed by atoms with Gasteiger partial charge >= 0.3 is 0 Å². The fourth-order valence-electron chi connectivity index (χ4n) is 2.35. The molecule has 0 saturated carbocycles. The number of amides is 1. The second-order valence-corrected chi connectivity index (χ2v) is 5.38. The molecule has 1 atom stereocenters. The standard InChI is InChI=1S/C17H22N2O/c1-13(18)12-17(20)19(2)11-10-15-8-5-7-14-6-3-4-9-16(14)15/h3-9,13H,10-12,18H2,1-2H3. The normalized spacial score (nSPS) is 12.3. The van der Waals surface area contributed by atoms with E-state index in [0.717, 1.165) is 13.0 Å². The molecule has 3 heteroatoms. The third kappa shape index (κ3) is 3.58. The van der Waals surface area contributed by atoms with Crippen LogP contribution in [0.15, 0.2) is 42.5 Å². The number of carbonyl (C=O) groups is 1. The van der Waals surface area contributed by atoms with Crippen molar-refractivity contribution in [2.24, 2.45) is 5.73 Å². The van der Waals surface area contributed by atoms with Crippen LogP contribution in [0.5, 0.6) is 0 Å². The van der Waals surface area contributed by atoms with Gasteiger partial charge in [-0.1, -0.05) is 42.5 Å². The molecule has 0 aliphatic carbocycles. The van der Waals surface area contributed by atoms with E-state index >= 15 is 0 Å². The molecular formula is C17H22N2O. The van der Waals surface area contributed by atoms with Crippen molar-refractivity contribution in [2.75, 3.05) is 13.6 Å². The molecule has 20 heavy (non-hydrogen) atoms. The molecule has 0 aromatic heterocycles. The number of nitrogens with zero attached hydrogens (tertiary/aromatic N) is 1. The summed E-state index contributed by atoms with van der Waals surface area (Å²) in [6.07, 6.45) is 1.27. The third-order valence-electron chi connectivity index (χ3n) is 3.52. The van der Waals surface area contributed by atoms with Gasteiger partial charge in [-0.25, -0.2) is 0 Å². The van der Waals surface area contributed by atoms with Crippen molar-refractivity contribution < 1.29 is 4.79 Å². The Morgan fingerprint density at radius 1 is 1.20 bits per heavy atom. The first-order valence-electron chi connectivity index (χ1n) is 7.04. The van der Waals surface area contributed by atoms with Gasteiger partial charge < -0.3 is 10.6 Å². The fraction of sp³-hybridized carbons (Fsp3) is 0.353. The van der Waals surface area contributed by atoms with E-state index in [-0.39, 0.29) is 11.9 Å². The molecule has 0 aliphatic heterocycles. The number of likely N-dealkylation sites (N-methyl/N-ethyl adjacent to an activating group) is 1. The number of hydrogen-bond donors (Lipinski definition) is 1. The highest BCUT2D eigenvalue weighted by molar-refractivity contribution is 5.85. The number of nitrogens with two attached hydrogens (primary N) is 1. The maximum Gasteiger partial charge on any atom is 0.223 e. The molecule has 1 unspecified atom stereocenters. The third-order valence-corrected chi connectivity index (χ3v) is 3.52. The van der Waals surface area contributed by atoms with Gasteiger partial charge in [-0.3, -0.25) is 4.79 Å². The van der Waals surface area contributed by atoms with Crippen molar-refractivity contribution in [1.29, 1.82) is 0 Å². The average molecular weight is 270 g/mol. The Labute approximate surface area is 120 Å². The van der Waals surface area contributed by atoms with Crippen molar-refractivity contribution in [3.8, 4) is 0 Å². The lowest BCUT2D eigenvalue weighted by atomic mass is 10.0. The molecular weight excluding hydrogens is 248 g/mol. The van der Waals surface area contributed by atoms with E-state index in [1.807, 2.05) is 20.0 Å². The molecule has 2 N–H and O–H groups in total. The zero-order chi connectivity index (χ0) is 14.5. The maximum atomic E-state index is 11.9. The minimum atomic E-state index is -0.0810. The molecule has 0 aliphatic rings. The van der Waals surface area contributed by atoms with E-state index in [1.165, 1.54) is 16.3 Å². The molecule has 2 aromatic carbocycles. The van der Waals surface area contributed by atoms with Gasteiger partial charge in [-0.05, 0) is 29.7 Å². The molecule has 3 nitrogen and oxygen atoms in total. The summed E-state index contributed by atoms with van der Waals surface area (Å²) >= 11 is 0. The van der Waals surface area contributed by atoms with Gasteiger partial charge in [0.05, 0.1) is 0 Å². The summed E-state index contributed by atoms with van der Waals surface area (Å²) in [5.74, 6) is 0.111. The number of carbonyl (C=O) groups excluding carboxylic acids is 1. The summed E-state index contributed by atoms with van der Waals surface area (Å²) in [6.45, 7) is 2.58. The molecule has 0 heterocycles. The highest BCUT2D eigenvalue weighted by Crippen LogP contribution is 2.19. The van der Waals surface area contributed by atoms with Crippen molar-refractivity contribution in [1.82, 2.24) is 4.90 Å². The number of benzene rings is 2. The van der Waals surface area contributed by atoms with E-state index < -0.39 is 0 Å². The Morgan fingerprint density at radius 2 is 1.90 bits per heavy atom. The first-order chi connectivity index (χ1) is 9.58.